The van der Waals surface area contributed by atoms with Crippen LogP contribution >= 0.6 is 0 Å². The van der Waals surface area contributed by atoms with E-state index in [1.54, 1.807) is 0 Å². The van der Waals surface area contributed by atoms with Gasteiger partial charge in [-0.15, -0.1) is 0 Å². The zero-order chi connectivity index (χ0) is 19.8. The highest BCUT2D eigenvalue weighted by atomic mass is 16.4. The first-order valence-corrected chi connectivity index (χ1v) is 9.83. The smallest absolute Gasteiger partial charge is 0.336 e. The molecule has 0 radical (unpaired) electrons. The Balaban J connectivity index is 1.92. The van der Waals surface area contributed by atoms with Crippen molar-refractivity contribution in [3.8, 4) is 0 Å². The molecule has 2 aromatic rings. The second-order valence-corrected chi connectivity index (χ2v) is 7.73. The lowest BCUT2D eigenvalue weighted by molar-refractivity contribution is 0.560. The molecule has 0 saturated heterocycles. The standard InChI is InChI=1S/C25H32O2/c1-18(2)8-6-9-19(3)10-7-11-20(4)12-13-22-17-23-14-15-25(26)27-24(23)16-21(22)5/h8,10,12,14-17H,6-7,9,11,13H2,1-5H3/b19-10-,20-12+. The van der Waals surface area contributed by atoms with Gasteiger partial charge in [-0.3, -0.25) is 0 Å². The van der Waals surface area contributed by atoms with Gasteiger partial charge in [0.15, 0.2) is 0 Å². The van der Waals surface area contributed by atoms with Crippen molar-refractivity contribution in [1.29, 1.82) is 0 Å². The van der Waals surface area contributed by atoms with Crippen molar-refractivity contribution in [3.05, 3.63) is 80.8 Å². The van der Waals surface area contributed by atoms with Crippen molar-refractivity contribution in [2.45, 2.75) is 66.7 Å². The number of hydrogen-bond donors (Lipinski definition) is 0. The molecule has 0 aliphatic carbocycles. The predicted molar refractivity (Wildman–Crippen MR) is 116 cm³/mol. The average molecular weight is 365 g/mol. The van der Waals surface area contributed by atoms with Gasteiger partial charge in [0.2, 0.25) is 0 Å². The summed E-state index contributed by atoms with van der Waals surface area (Å²) in [5.41, 5.74) is 7.11. The van der Waals surface area contributed by atoms with E-state index in [0.717, 1.165) is 43.1 Å². The summed E-state index contributed by atoms with van der Waals surface area (Å²) >= 11 is 0. The van der Waals surface area contributed by atoms with E-state index in [1.807, 2.05) is 12.1 Å². The molecule has 0 atom stereocenters. The Labute approximate surface area is 163 Å². The van der Waals surface area contributed by atoms with Crippen LogP contribution in [-0.2, 0) is 6.42 Å². The Morgan fingerprint density at radius 1 is 0.926 bits per heavy atom. The van der Waals surface area contributed by atoms with Crippen molar-refractivity contribution in [3.63, 3.8) is 0 Å². The van der Waals surface area contributed by atoms with E-state index in [2.05, 4.69) is 58.9 Å². The lowest BCUT2D eigenvalue weighted by atomic mass is 10.0. The minimum Gasteiger partial charge on any atom is -0.423 e. The molecule has 144 valence electrons. The molecular formula is C25H32O2. The van der Waals surface area contributed by atoms with Crippen molar-refractivity contribution >= 4 is 11.0 Å². The minimum absolute atomic E-state index is 0.297. The van der Waals surface area contributed by atoms with Crippen molar-refractivity contribution < 1.29 is 4.42 Å². The van der Waals surface area contributed by atoms with Crippen LogP contribution in [-0.4, -0.2) is 0 Å². The third-order valence-corrected chi connectivity index (χ3v) is 4.87. The summed E-state index contributed by atoms with van der Waals surface area (Å²) in [7, 11) is 0. The van der Waals surface area contributed by atoms with Gasteiger partial charge in [-0.25, -0.2) is 4.79 Å². The first-order chi connectivity index (χ1) is 12.8. The summed E-state index contributed by atoms with van der Waals surface area (Å²) < 4.78 is 5.26. The number of aryl methyl sites for hydroxylation is 1. The molecule has 1 heterocycles. The van der Waals surface area contributed by atoms with Crippen LogP contribution in [0.1, 0.15) is 64.5 Å². The Kier molecular flexibility index (Phi) is 7.84. The Morgan fingerprint density at radius 2 is 1.59 bits per heavy atom. The number of fused-ring (bicyclic) bond motifs is 1. The molecule has 0 aliphatic heterocycles. The molecule has 0 bridgehead atoms. The van der Waals surface area contributed by atoms with Crippen LogP contribution in [0, 0.1) is 6.92 Å². The number of rotatable bonds is 8. The van der Waals surface area contributed by atoms with Gasteiger partial charge in [-0.1, -0.05) is 34.9 Å². The van der Waals surface area contributed by atoms with Gasteiger partial charge in [-0.05, 0) is 96.0 Å². The second-order valence-electron chi connectivity index (χ2n) is 7.73. The Morgan fingerprint density at radius 3 is 2.30 bits per heavy atom. The third-order valence-electron chi connectivity index (χ3n) is 4.87. The molecular weight excluding hydrogens is 332 g/mol. The molecule has 0 spiro atoms. The first-order valence-electron chi connectivity index (χ1n) is 9.83. The normalized spacial score (nSPS) is 12.5. The van der Waals surface area contributed by atoms with E-state index in [4.69, 9.17) is 4.42 Å². The van der Waals surface area contributed by atoms with Gasteiger partial charge in [-0.2, -0.15) is 0 Å². The van der Waals surface area contributed by atoms with Gasteiger partial charge >= 0.3 is 5.63 Å². The fraction of sp³-hybridized carbons (Fsp3) is 0.400. The lowest BCUT2D eigenvalue weighted by Crippen LogP contribution is -1.96. The zero-order valence-corrected chi connectivity index (χ0v) is 17.4. The molecule has 1 aromatic carbocycles. The molecule has 2 rings (SSSR count). The number of benzene rings is 1. The van der Waals surface area contributed by atoms with Gasteiger partial charge in [0, 0.05) is 11.5 Å². The molecule has 0 amide bonds. The van der Waals surface area contributed by atoms with E-state index in [0.29, 0.717) is 5.58 Å². The monoisotopic (exact) mass is 364 g/mol. The third kappa shape index (κ3) is 7.05. The number of allylic oxidation sites excluding steroid dienone is 6. The number of hydrogen-bond acceptors (Lipinski definition) is 2. The summed E-state index contributed by atoms with van der Waals surface area (Å²) in [4.78, 5) is 11.3. The van der Waals surface area contributed by atoms with E-state index in [-0.39, 0.29) is 5.63 Å². The first kappa shape index (κ1) is 21.0. The van der Waals surface area contributed by atoms with E-state index < -0.39 is 0 Å². The van der Waals surface area contributed by atoms with Crippen LogP contribution in [0.4, 0.5) is 0 Å². The van der Waals surface area contributed by atoms with Gasteiger partial charge in [0.05, 0.1) is 0 Å². The van der Waals surface area contributed by atoms with Gasteiger partial charge in [0.1, 0.15) is 5.58 Å². The molecule has 2 nitrogen and oxygen atoms in total. The maximum absolute atomic E-state index is 11.3. The fourth-order valence-corrected chi connectivity index (χ4v) is 3.11. The second kappa shape index (κ2) is 10.1. The molecule has 2 heteroatoms. The highest BCUT2D eigenvalue weighted by molar-refractivity contribution is 5.78. The molecule has 0 N–H and O–H groups in total. The molecule has 0 fully saturated rings. The summed E-state index contributed by atoms with van der Waals surface area (Å²) in [6.07, 6.45) is 12.4. The van der Waals surface area contributed by atoms with E-state index >= 15 is 0 Å². The van der Waals surface area contributed by atoms with Crippen LogP contribution in [0.25, 0.3) is 11.0 Å². The molecule has 0 aliphatic rings. The van der Waals surface area contributed by atoms with Crippen LogP contribution in [0.15, 0.2) is 68.4 Å². The summed E-state index contributed by atoms with van der Waals surface area (Å²) in [6, 6.07) is 7.41. The molecule has 1 aromatic heterocycles. The van der Waals surface area contributed by atoms with Crippen LogP contribution < -0.4 is 5.63 Å². The molecule has 0 saturated carbocycles. The van der Waals surface area contributed by atoms with Crippen molar-refractivity contribution in [2.24, 2.45) is 0 Å². The highest BCUT2D eigenvalue weighted by Gasteiger charge is 2.03. The summed E-state index contributed by atoms with van der Waals surface area (Å²) in [5, 5.41) is 0.983. The Hall–Kier alpha value is -2.35. The lowest BCUT2D eigenvalue weighted by Gasteiger charge is -2.06. The highest BCUT2D eigenvalue weighted by Crippen LogP contribution is 2.20. The SMILES string of the molecule is CC(C)=CCC/C(C)=C\CC/C(C)=C/Cc1cc2ccc(=O)oc2cc1C. The van der Waals surface area contributed by atoms with Gasteiger partial charge < -0.3 is 4.42 Å². The predicted octanol–water partition coefficient (Wildman–Crippen LogP) is 7.06. The summed E-state index contributed by atoms with van der Waals surface area (Å²) in [6.45, 7) is 10.8. The van der Waals surface area contributed by atoms with Crippen molar-refractivity contribution in [2.75, 3.05) is 0 Å². The van der Waals surface area contributed by atoms with Gasteiger partial charge in [0.25, 0.3) is 0 Å². The minimum atomic E-state index is -0.297. The largest absolute Gasteiger partial charge is 0.423 e. The van der Waals surface area contributed by atoms with E-state index in [9.17, 15) is 4.79 Å². The average Bonchev–Trinajstić information content (AvgIpc) is 2.59. The maximum Gasteiger partial charge on any atom is 0.336 e. The quantitative estimate of drug-likeness (QED) is 0.370. The molecule has 0 unspecified atom stereocenters. The maximum atomic E-state index is 11.3. The summed E-state index contributed by atoms with van der Waals surface area (Å²) in [5.74, 6) is 0. The van der Waals surface area contributed by atoms with Crippen LogP contribution in [0.2, 0.25) is 0 Å². The Bertz CT molecular complexity index is 919. The topological polar surface area (TPSA) is 30.2 Å². The van der Waals surface area contributed by atoms with Crippen molar-refractivity contribution in [1.82, 2.24) is 0 Å². The van der Waals surface area contributed by atoms with E-state index in [1.165, 1.54) is 28.3 Å². The zero-order valence-electron chi connectivity index (χ0n) is 17.4. The van der Waals surface area contributed by atoms with Crippen LogP contribution in [0.3, 0.4) is 0 Å². The van der Waals surface area contributed by atoms with Crippen LogP contribution in [0.5, 0.6) is 0 Å². The fourth-order valence-electron chi connectivity index (χ4n) is 3.11. The molecule has 27 heavy (non-hydrogen) atoms.